The van der Waals surface area contributed by atoms with Crippen LogP contribution in [0.2, 0.25) is 0 Å². The average Bonchev–Trinajstić information content (AvgIpc) is 2.60. The van der Waals surface area contributed by atoms with Crippen LogP contribution in [0.1, 0.15) is 15.9 Å². The molecule has 0 saturated heterocycles. The number of carbonyl (C=O) groups is 2. The number of nitriles is 1. The lowest BCUT2D eigenvalue weighted by Gasteiger charge is -2.11. The summed E-state index contributed by atoms with van der Waals surface area (Å²) in [7, 11) is 1.30. The Balaban J connectivity index is 2.03. The standard InChI is InChI=1S/C17H15N3O3/c1-23-17(22)13-7-3-5-9-15(13)19-11-16(21)20-14-8-4-2-6-12(14)10-18/h2-9,19H,11H2,1H3,(H,20,21). The maximum absolute atomic E-state index is 12.0. The van der Waals surface area contributed by atoms with Gasteiger partial charge in [0.1, 0.15) is 6.07 Å². The van der Waals surface area contributed by atoms with Gasteiger partial charge in [-0.2, -0.15) is 5.26 Å². The highest BCUT2D eigenvalue weighted by atomic mass is 16.5. The summed E-state index contributed by atoms with van der Waals surface area (Å²) in [6.07, 6.45) is 0. The number of anilines is 2. The van der Waals surface area contributed by atoms with Gasteiger partial charge in [0, 0.05) is 5.69 Å². The number of benzene rings is 2. The lowest BCUT2D eigenvalue weighted by molar-refractivity contribution is -0.114. The summed E-state index contributed by atoms with van der Waals surface area (Å²) in [5.41, 5.74) is 1.68. The number of ether oxygens (including phenoxy) is 1. The molecule has 2 rings (SSSR count). The van der Waals surface area contributed by atoms with Gasteiger partial charge in [-0.25, -0.2) is 4.79 Å². The van der Waals surface area contributed by atoms with Gasteiger partial charge in [0.05, 0.1) is 30.5 Å². The third-order valence-corrected chi connectivity index (χ3v) is 3.09. The smallest absolute Gasteiger partial charge is 0.339 e. The summed E-state index contributed by atoms with van der Waals surface area (Å²) in [5, 5.41) is 14.5. The molecular weight excluding hydrogens is 294 g/mol. The van der Waals surface area contributed by atoms with Crippen LogP contribution < -0.4 is 10.6 Å². The van der Waals surface area contributed by atoms with Crippen LogP contribution >= 0.6 is 0 Å². The summed E-state index contributed by atoms with van der Waals surface area (Å²) in [5.74, 6) is -0.810. The SMILES string of the molecule is COC(=O)c1ccccc1NCC(=O)Nc1ccccc1C#N. The van der Waals surface area contributed by atoms with Crippen molar-refractivity contribution in [3.63, 3.8) is 0 Å². The number of carbonyl (C=O) groups excluding carboxylic acids is 2. The minimum Gasteiger partial charge on any atom is -0.465 e. The van der Waals surface area contributed by atoms with Crippen molar-refractivity contribution in [1.82, 2.24) is 0 Å². The first-order valence-electron chi connectivity index (χ1n) is 6.86. The van der Waals surface area contributed by atoms with Gasteiger partial charge < -0.3 is 15.4 Å². The van der Waals surface area contributed by atoms with Crippen LogP contribution in [0.5, 0.6) is 0 Å². The van der Waals surface area contributed by atoms with Crippen molar-refractivity contribution in [2.75, 3.05) is 24.3 Å². The highest BCUT2D eigenvalue weighted by molar-refractivity contribution is 5.98. The van der Waals surface area contributed by atoms with E-state index >= 15 is 0 Å². The van der Waals surface area contributed by atoms with Gasteiger partial charge >= 0.3 is 5.97 Å². The molecule has 0 saturated carbocycles. The molecule has 23 heavy (non-hydrogen) atoms. The molecule has 2 N–H and O–H groups in total. The lowest BCUT2D eigenvalue weighted by Crippen LogP contribution is -2.23. The molecule has 6 nitrogen and oxygen atoms in total. The Morgan fingerprint density at radius 1 is 1.09 bits per heavy atom. The molecule has 0 spiro atoms. The molecule has 0 fully saturated rings. The Bertz CT molecular complexity index is 766. The van der Waals surface area contributed by atoms with Crippen molar-refractivity contribution in [3.8, 4) is 6.07 Å². The molecule has 0 radical (unpaired) electrons. The maximum atomic E-state index is 12.0. The van der Waals surface area contributed by atoms with Crippen LogP contribution in [0, 0.1) is 11.3 Å². The van der Waals surface area contributed by atoms with Gasteiger partial charge in [-0.3, -0.25) is 4.79 Å². The van der Waals surface area contributed by atoms with Crippen LogP contribution in [0.15, 0.2) is 48.5 Å². The molecule has 0 aliphatic carbocycles. The predicted octanol–water partition coefficient (Wildman–Crippen LogP) is 2.40. The molecule has 0 unspecified atom stereocenters. The van der Waals surface area contributed by atoms with Crippen LogP contribution in [0.4, 0.5) is 11.4 Å². The zero-order valence-corrected chi connectivity index (χ0v) is 12.5. The quantitative estimate of drug-likeness (QED) is 0.828. The molecular formula is C17H15N3O3. The van der Waals surface area contributed by atoms with E-state index in [-0.39, 0.29) is 12.5 Å². The van der Waals surface area contributed by atoms with Crippen LogP contribution in [-0.4, -0.2) is 25.5 Å². The minimum absolute atomic E-state index is 0.0478. The lowest BCUT2D eigenvalue weighted by atomic mass is 10.1. The number of methoxy groups -OCH3 is 1. The molecule has 0 bridgehead atoms. The van der Waals surface area contributed by atoms with E-state index in [9.17, 15) is 9.59 Å². The Kier molecular flexibility index (Phi) is 5.31. The molecule has 0 atom stereocenters. The number of para-hydroxylation sites is 2. The number of amides is 1. The molecule has 116 valence electrons. The second-order valence-electron chi connectivity index (χ2n) is 4.60. The third-order valence-electron chi connectivity index (χ3n) is 3.09. The zero-order valence-electron chi connectivity index (χ0n) is 12.5. The van der Waals surface area contributed by atoms with E-state index in [0.29, 0.717) is 22.5 Å². The Morgan fingerprint density at radius 2 is 1.74 bits per heavy atom. The van der Waals surface area contributed by atoms with Gasteiger partial charge in [-0.05, 0) is 24.3 Å². The molecule has 6 heteroatoms. The minimum atomic E-state index is -0.483. The number of esters is 1. The van der Waals surface area contributed by atoms with Crippen molar-refractivity contribution in [2.24, 2.45) is 0 Å². The maximum Gasteiger partial charge on any atom is 0.339 e. The molecule has 0 aliphatic rings. The van der Waals surface area contributed by atoms with Gasteiger partial charge in [-0.15, -0.1) is 0 Å². The van der Waals surface area contributed by atoms with Crippen LogP contribution in [-0.2, 0) is 9.53 Å². The first kappa shape index (κ1) is 16.0. The normalized spacial score (nSPS) is 9.57. The number of hydrogen-bond donors (Lipinski definition) is 2. The fourth-order valence-corrected chi connectivity index (χ4v) is 1.98. The Hall–Kier alpha value is -3.33. The third kappa shape index (κ3) is 4.08. The van der Waals surface area contributed by atoms with E-state index < -0.39 is 5.97 Å². The van der Waals surface area contributed by atoms with E-state index in [0.717, 1.165) is 0 Å². The van der Waals surface area contributed by atoms with E-state index in [1.807, 2.05) is 6.07 Å². The summed E-state index contributed by atoms with van der Waals surface area (Å²) in [6.45, 7) is -0.0478. The van der Waals surface area contributed by atoms with E-state index in [2.05, 4.69) is 10.6 Å². The number of nitrogens with one attached hydrogen (secondary N) is 2. The first-order chi connectivity index (χ1) is 11.2. The van der Waals surface area contributed by atoms with Gasteiger partial charge in [0.25, 0.3) is 0 Å². The molecule has 0 aliphatic heterocycles. The Labute approximate surface area is 133 Å². The molecule has 2 aromatic carbocycles. The topological polar surface area (TPSA) is 91.2 Å². The largest absolute Gasteiger partial charge is 0.465 e. The van der Waals surface area contributed by atoms with Gasteiger partial charge in [0.15, 0.2) is 0 Å². The average molecular weight is 309 g/mol. The van der Waals surface area contributed by atoms with Gasteiger partial charge in [-0.1, -0.05) is 24.3 Å². The van der Waals surface area contributed by atoms with Crippen molar-refractivity contribution < 1.29 is 14.3 Å². The second-order valence-corrected chi connectivity index (χ2v) is 4.60. The number of nitrogens with zero attached hydrogens (tertiary/aromatic N) is 1. The highest BCUT2D eigenvalue weighted by Crippen LogP contribution is 2.16. The predicted molar refractivity (Wildman–Crippen MR) is 86.1 cm³/mol. The molecule has 1 amide bonds. The van der Waals surface area contributed by atoms with E-state index in [4.69, 9.17) is 10.00 Å². The monoisotopic (exact) mass is 309 g/mol. The fourth-order valence-electron chi connectivity index (χ4n) is 1.98. The summed E-state index contributed by atoms with van der Waals surface area (Å²) in [4.78, 5) is 23.7. The first-order valence-corrected chi connectivity index (χ1v) is 6.86. The zero-order chi connectivity index (χ0) is 16.7. The number of hydrogen-bond acceptors (Lipinski definition) is 5. The Morgan fingerprint density at radius 3 is 2.43 bits per heavy atom. The summed E-state index contributed by atoms with van der Waals surface area (Å²) < 4.78 is 4.69. The van der Waals surface area contributed by atoms with Crippen molar-refractivity contribution in [3.05, 3.63) is 59.7 Å². The van der Waals surface area contributed by atoms with Crippen LogP contribution in [0.25, 0.3) is 0 Å². The van der Waals surface area contributed by atoms with Crippen molar-refractivity contribution in [2.45, 2.75) is 0 Å². The molecule has 2 aromatic rings. The van der Waals surface area contributed by atoms with Crippen LogP contribution in [0.3, 0.4) is 0 Å². The van der Waals surface area contributed by atoms with E-state index in [1.165, 1.54) is 7.11 Å². The number of rotatable bonds is 5. The molecule has 0 aromatic heterocycles. The summed E-state index contributed by atoms with van der Waals surface area (Å²) in [6, 6.07) is 15.5. The van der Waals surface area contributed by atoms with Crippen molar-refractivity contribution in [1.29, 1.82) is 5.26 Å². The molecule has 0 heterocycles. The highest BCUT2D eigenvalue weighted by Gasteiger charge is 2.12. The van der Waals surface area contributed by atoms with Gasteiger partial charge in [0.2, 0.25) is 5.91 Å². The summed E-state index contributed by atoms with van der Waals surface area (Å²) >= 11 is 0. The fraction of sp³-hybridized carbons (Fsp3) is 0.118. The van der Waals surface area contributed by atoms with Crippen molar-refractivity contribution >= 4 is 23.3 Å². The second kappa shape index (κ2) is 7.61. The van der Waals surface area contributed by atoms with E-state index in [1.54, 1.807) is 48.5 Å².